The van der Waals surface area contributed by atoms with Crippen molar-refractivity contribution in [2.45, 2.75) is 12.8 Å². The molecule has 2 aromatic rings. The van der Waals surface area contributed by atoms with Crippen LogP contribution in [-0.2, 0) is 4.79 Å². The second kappa shape index (κ2) is 3.66. The lowest BCUT2D eigenvalue weighted by molar-refractivity contribution is -0.138. The molecule has 78 valence electrons. The standard InChI is InChI=1S/C10H9BrN2O2/c1-5(10(14)15)9-12-7-3-2-6(11)4-8(7)13-9/h2-5H,1H3,(H,12,13)(H,14,15). The monoisotopic (exact) mass is 268 g/mol. The van der Waals surface area contributed by atoms with E-state index in [1.165, 1.54) is 0 Å². The van der Waals surface area contributed by atoms with Gasteiger partial charge in [-0.3, -0.25) is 4.79 Å². The smallest absolute Gasteiger partial charge is 0.313 e. The molecule has 0 aliphatic carbocycles. The van der Waals surface area contributed by atoms with Crippen molar-refractivity contribution in [3.63, 3.8) is 0 Å². The number of aromatic amines is 1. The molecule has 0 aliphatic heterocycles. The molecule has 1 heterocycles. The summed E-state index contributed by atoms with van der Waals surface area (Å²) in [6.45, 7) is 1.61. The van der Waals surface area contributed by atoms with E-state index in [2.05, 4.69) is 25.9 Å². The number of hydrogen-bond donors (Lipinski definition) is 2. The van der Waals surface area contributed by atoms with Crippen molar-refractivity contribution < 1.29 is 9.90 Å². The highest BCUT2D eigenvalue weighted by Gasteiger charge is 2.17. The van der Waals surface area contributed by atoms with E-state index >= 15 is 0 Å². The Kier molecular flexibility index (Phi) is 2.48. The molecule has 1 atom stereocenters. The predicted molar refractivity (Wildman–Crippen MR) is 59.8 cm³/mol. The van der Waals surface area contributed by atoms with Crippen LogP contribution in [0.2, 0.25) is 0 Å². The second-order valence-corrected chi connectivity index (χ2v) is 4.26. The SMILES string of the molecule is CC(C(=O)O)c1nc2ccc(Br)cc2[nH]1. The van der Waals surface area contributed by atoms with Crippen molar-refractivity contribution in [2.24, 2.45) is 0 Å². The molecule has 0 radical (unpaired) electrons. The Morgan fingerprint density at radius 2 is 2.33 bits per heavy atom. The number of rotatable bonds is 2. The maximum Gasteiger partial charge on any atom is 0.313 e. The number of nitrogens with one attached hydrogen (secondary N) is 1. The van der Waals surface area contributed by atoms with Crippen LogP contribution >= 0.6 is 15.9 Å². The number of fused-ring (bicyclic) bond motifs is 1. The van der Waals surface area contributed by atoms with Gasteiger partial charge < -0.3 is 10.1 Å². The number of carbonyl (C=O) groups is 1. The zero-order valence-electron chi connectivity index (χ0n) is 7.99. The summed E-state index contributed by atoms with van der Waals surface area (Å²) in [4.78, 5) is 18.0. The highest BCUT2D eigenvalue weighted by Crippen LogP contribution is 2.20. The number of H-pyrrole nitrogens is 1. The number of hydrogen-bond acceptors (Lipinski definition) is 2. The number of carboxylic acid groups (broad SMARTS) is 1. The Morgan fingerprint density at radius 1 is 1.60 bits per heavy atom. The van der Waals surface area contributed by atoms with E-state index in [-0.39, 0.29) is 0 Å². The average molecular weight is 269 g/mol. The lowest BCUT2D eigenvalue weighted by Crippen LogP contribution is -2.08. The van der Waals surface area contributed by atoms with Crippen LogP contribution < -0.4 is 0 Å². The average Bonchev–Trinajstić information content (AvgIpc) is 2.58. The zero-order chi connectivity index (χ0) is 11.0. The number of halogens is 1. The normalized spacial score (nSPS) is 12.9. The maximum atomic E-state index is 10.8. The third-order valence-electron chi connectivity index (χ3n) is 2.24. The van der Waals surface area contributed by atoms with E-state index < -0.39 is 11.9 Å². The number of nitrogens with zero attached hydrogens (tertiary/aromatic N) is 1. The van der Waals surface area contributed by atoms with Gasteiger partial charge in [-0.2, -0.15) is 0 Å². The van der Waals surface area contributed by atoms with Gasteiger partial charge in [0.05, 0.1) is 11.0 Å². The van der Waals surface area contributed by atoms with Crippen molar-refractivity contribution in [3.05, 3.63) is 28.5 Å². The van der Waals surface area contributed by atoms with Gasteiger partial charge in [0.15, 0.2) is 0 Å². The molecule has 0 saturated heterocycles. The van der Waals surface area contributed by atoms with Gasteiger partial charge in [0.1, 0.15) is 11.7 Å². The Bertz CT molecular complexity index is 521. The minimum Gasteiger partial charge on any atom is -0.481 e. The summed E-state index contributed by atoms with van der Waals surface area (Å²) in [5.41, 5.74) is 1.62. The molecule has 4 nitrogen and oxygen atoms in total. The summed E-state index contributed by atoms with van der Waals surface area (Å²) in [6, 6.07) is 5.59. The third kappa shape index (κ3) is 1.87. The fraction of sp³-hybridized carbons (Fsp3) is 0.200. The van der Waals surface area contributed by atoms with E-state index in [4.69, 9.17) is 5.11 Å². The topological polar surface area (TPSA) is 66.0 Å². The number of carboxylic acids is 1. The first-order valence-electron chi connectivity index (χ1n) is 4.46. The van der Waals surface area contributed by atoms with Gasteiger partial charge in [-0.1, -0.05) is 15.9 Å². The molecule has 2 N–H and O–H groups in total. The van der Waals surface area contributed by atoms with Crippen LogP contribution in [0.25, 0.3) is 11.0 Å². The molecule has 0 amide bonds. The summed E-state index contributed by atoms with van der Waals surface area (Å²) in [6.07, 6.45) is 0. The van der Waals surface area contributed by atoms with E-state index in [9.17, 15) is 4.79 Å². The number of imidazole rings is 1. The van der Waals surface area contributed by atoms with Crippen molar-refractivity contribution in [2.75, 3.05) is 0 Å². The molecule has 0 aliphatic rings. The minimum atomic E-state index is -0.881. The van der Waals surface area contributed by atoms with Crippen LogP contribution in [0.4, 0.5) is 0 Å². The number of benzene rings is 1. The molecule has 1 unspecified atom stereocenters. The summed E-state index contributed by atoms with van der Waals surface area (Å²) in [5.74, 6) is -1.01. The Morgan fingerprint density at radius 3 is 3.00 bits per heavy atom. The van der Waals surface area contributed by atoms with E-state index in [1.807, 2.05) is 18.2 Å². The van der Waals surface area contributed by atoms with Crippen LogP contribution in [0.5, 0.6) is 0 Å². The quantitative estimate of drug-likeness (QED) is 0.880. The highest BCUT2D eigenvalue weighted by atomic mass is 79.9. The Hall–Kier alpha value is -1.36. The van der Waals surface area contributed by atoms with Crippen molar-refractivity contribution in [1.29, 1.82) is 0 Å². The minimum absolute atomic E-state index is 0.482. The van der Waals surface area contributed by atoms with Crippen LogP contribution in [0.3, 0.4) is 0 Å². The summed E-state index contributed by atoms with van der Waals surface area (Å²) in [7, 11) is 0. The van der Waals surface area contributed by atoms with E-state index in [0.29, 0.717) is 5.82 Å². The number of aliphatic carboxylic acids is 1. The van der Waals surface area contributed by atoms with E-state index in [0.717, 1.165) is 15.5 Å². The van der Waals surface area contributed by atoms with Crippen LogP contribution in [0.15, 0.2) is 22.7 Å². The molecule has 0 spiro atoms. The maximum absolute atomic E-state index is 10.8. The van der Waals surface area contributed by atoms with Gasteiger partial charge in [0, 0.05) is 4.47 Å². The second-order valence-electron chi connectivity index (χ2n) is 3.34. The first kappa shape index (κ1) is 10.2. The molecule has 2 rings (SSSR count). The lowest BCUT2D eigenvalue weighted by atomic mass is 10.2. The van der Waals surface area contributed by atoms with Crippen molar-refractivity contribution in [3.8, 4) is 0 Å². The largest absolute Gasteiger partial charge is 0.481 e. The predicted octanol–water partition coefficient (Wildman–Crippen LogP) is 2.51. The molecule has 1 aromatic heterocycles. The van der Waals surface area contributed by atoms with E-state index in [1.54, 1.807) is 6.92 Å². The van der Waals surface area contributed by atoms with Crippen LogP contribution in [-0.4, -0.2) is 21.0 Å². The Balaban J connectivity index is 2.51. The molecule has 0 saturated carbocycles. The summed E-state index contributed by atoms with van der Waals surface area (Å²) < 4.78 is 0.938. The molecule has 0 bridgehead atoms. The molecule has 5 heteroatoms. The van der Waals surface area contributed by atoms with Gasteiger partial charge in [0.2, 0.25) is 0 Å². The fourth-order valence-electron chi connectivity index (χ4n) is 1.32. The van der Waals surface area contributed by atoms with Gasteiger partial charge in [-0.25, -0.2) is 4.98 Å². The molecular formula is C10H9BrN2O2. The highest BCUT2D eigenvalue weighted by molar-refractivity contribution is 9.10. The fourth-order valence-corrected chi connectivity index (χ4v) is 1.68. The first-order chi connectivity index (χ1) is 7.08. The Labute approximate surface area is 94.5 Å². The van der Waals surface area contributed by atoms with Crippen LogP contribution in [0, 0.1) is 0 Å². The van der Waals surface area contributed by atoms with Gasteiger partial charge in [-0.15, -0.1) is 0 Å². The molecule has 15 heavy (non-hydrogen) atoms. The molecule has 0 fully saturated rings. The van der Waals surface area contributed by atoms with Crippen molar-refractivity contribution >= 4 is 32.9 Å². The first-order valence-corrected chi connectivity index (χ1v) is 5.25. The summed E-state index contributed by atoms with van der Waals surface area (Å²) in [5, 5.41) is 8.85. The van der Waals surface area contributed by atoms with Gasteiger partial charge in [-0.05, 0) is 25.1 Å². The van der Waals surface area contributed by atoms with Crippen molar-refractivity contribution in [1.82, 2.24) is 9.97 Å². The van der Waals surface area contributed by atoms with Crippen LogP contribution in [0.1, 0.15) is 18.7 Å². The lowest BCUT2D eigenvalue weighted by Gasteiger charge is -1.99. The van der Waals surface area contributed by atoms with Gasteiger partial charge >= 0.3 is 5.97 Å². The molecular weight excluding hydrogens is 260 g/mol. The molecule has 1 aromatic carbocycles. The zero-order valence-corrected chi connectivity index (χ0v) is 9.58. The van der Waals surface area contributed by atoms with Gasteiger partial charge in [0.25, 0.3) is 0 Å². The third-order valence-corrected chi connectivity index (χ3v) is 2.74. The number of aromatic nitrogens is 2. The summed E-state index contributed by atoms with van der Waals surface area (Å²) >= 11 is 3.34.